The average Bonchev–Trinajstić information content (AvgIpc) is 2.84. The monoisotopic (exact) mass is 478 g/mol. The summed E-state index contributed by atoms with van der Waals surface area (Å²) in [7, 11) is 3.27. The Balaban J connectivity index is 1.80. The van der Waals surface area contributed by atoms with E-state index in [9.17, 15) is 4.79 Å². The van der Waals surface area contributed by atoms with Gasteiger partial charge in [-0.1, -0.05) is 39.8 Å². The minimum atomic E-state index is 0.0921. The van der Waals surface area contributed by atoms with Gasteiger partial charge < -0.3 is 18.9 Å². The van der Waals surface area contributed by atoms with E-state index in [1.807, 2.05) is 48.6 Å². The van der Waals surface area contributed by atoms with Crippen LogP contribution in [0.15, 0.2) is 47.5 Å². The molecular weight excluding hydrogens is 440 g/mol. The zero-order chi connectivity index (χ0) is 25.4. The summed E-state index contributed by atoms with van der Waals surface area (Å²) in [6.07, 6.45) is 6.38. The van der Waals surface area contributed by atoms with Gasteiger partial charge in [0.05, 0.1) is 27.4 Å². The first kappa shape index (κ1) is 26.4. The third-order valence-electron chi connectivity index (χ3n) is 5.68. The van der Waals surface area contributed by atoms with Crippen LogP contribution in [0.3, 0.4) is 0 Å². The van der Waals surface area contributed by atoms with E-state index in [0.717, 1.165) is 41.5 Å². The lowest BCUT2D eigenvalue weighted by atomic mass is 9.87. The number of benzene rings is 2. The third kappa shape index (κ3) is 7.38. The first-order chi connectivity index (χ1) is 16.8. The Morgan fingerprint density at radius 2 is 1.14 bits per heavy atom. The lowest BCUT2D eigenvalue weighted by Gasteiger charge is -2.18. The smallest absolute Gasteiger partial charge is 0.185 e. The molecule has 0 aromatic heterocycles. The summed E-state index contributed by atoms with van der Waals surface area (Å²) in [4.78, 5) is 13.3. The molecule has 5 heteroatoms. The number of rotatable bonds is 10. The molecule has 0 N–H and O–H groups in total. The number of ketones is 1. The topological polar surface area (TPSA) is 54.0 Å². The first-order valence-electron chi connectivity index (χ1n) is 12.4. The fourth-order valence-corrected chi connectivity index (χ4v) is 3.88. The maximum Gasteiger partial charge on any atom is 0.185 e. The van der Waals surface area contributed by atoms with Crippen LogP contribution >= 0.6 is 0 Å². The quantitative estimate of drug-likeness (QED) is 0.344. The molecule has 0 amide bonds. The molecule has 0 bridgehead atoms. The van der Waals surface area contributed by atoms with Crippen LogP contribution in [-0.4, -0.2) is 33.2 Å². The van der Waals surface area contributed by atoms with E-state index < -0.39 is 0 Å². The number of allylic oxidation sites excluding steroid dienone is 2. The van der Waals surface area contributed by atoms with Crippen LogP contribution in [0.5, 0.6) is 23.0 Å². The van der Waals surface area contributed by atoms with Crippen molar-refractivity contribution in [2.75, 3.05) is 27.4 Å². The van der Waals surface area contributed by atoms with Gasteiger partial charge in [0.2, 0.25) is 0 Å². The Hall–Kier alpha value is -3.21. The molecule has 0 atom stereocenters. The second-order valence-corrected chi connectivity index (χ2v) is 9.75. The van der Waals surface area contributed by atoms with Gasteiger partial charge in [0.1, 0.15) is 0 Å². The molecule has 1 aliphatic rings. The molecule has 1 aliphatic carbocycles. The van der Waals surface area contributed by atoms with E-state index in [1.165, 1.54) is 0 Å². The maximum absolute atomic E-state index is 13.3. The van der Waals surface area contributed by atoms with Crippen molar-refractivity contribution in [2.24, 2.45) is 11.8 Å². The van der Waals surface area contributed by atoms with Crippen LogP contribution in [-0.2, 0) is 4.79 Å². The molecule has 0 heterocycles. The minimum Gasteiger partial charge on any atom is -0.493 e. The van der Waals surface area contributed by atoms with Gasteiger partial charge in [-0.2, -0.15) is 0 Å². The fraction of sp³-hybridized carbons (Fsp3) is 0.433. The molecule has 0 unspecified atom stereocenters. The number of Topliss-reactive ketones (excluding diaryl/α,β-unsaturated/α-hetero) is 1. The van der Waals surface area contributed by atoms with Crippen LogP contribution in [0.1, 0.15) is 58.1 Å². The molecule has 0 radical (unpaired) electrons. The van der Waals surface area contributed by atoms with E-state index >= 15 is 0 Å². The molecule has 188 valence electrons. The Bertz CT molecular complexity index is 995. The lowest BCUT2D eigenvalue weighted by molar-refractivity contribution is -0.112. The van der Waals surface area contributed by atoms with E-state index in [-0.39, 0.29) is 5.78 Å². The predicted molar refractivity (Wildman–Crippen MR) is 141 cm³/mol. The summed E-state index contributed by atoms with van der Waals surface area (Å²) in [6.45, 7) is 9.68. The van der Waals surface area contributed by atoms with Crippen LogP contribution in [0.25, 0.3) is 12.2 Å². The number of carbonyl (C=O) groups excluding carboxylic acids is 1. The van der Waals surface area contributed by atoms with E-state index in [2.05, 4.69) is 27.7 Å². The van der Waals surface area contributed by atoms with Crippen LogP contribution in [0.2, 0.25) is 0 Å². The van der Waals surface area contributed by atoms with Gasteiger partial charge in [-0.05, 0) is 78.6 Å². The molecule has 3 rings (SSSR count). The van der Waals surface area contributed by atoms with Gasteiger partial charge in [-0.3, -0.25) is 4.79 Å². The molecule has 2 aromatic rings. The maximum atomic E-state index is 13.3. The fourth-order valence-electron chi connectivity index (χ4n) is 3.88. The second kappa shape index (κ2) is 12.5. The second-order valence-electron chi connectivity index (χ2n) is 9.75. The number of hydrogen-bond donors (Lipinski definition) is 0. The van der Waals surface area contributed by atoms with E-state index in [0.29, 0.717) is 48.0 Å². The summed E-state index contributed by atoms with van der Waals surface area (Å²) < 4.78 is 22.8. The molecule has 2 aromatic carbocycles. The van der Waals surface area contributed by atoms with Gasteiger partial charge in [-0.15, -0.1) is 0 Å². The standard InChI is InChI=1S/C30H38O5/c1-20(2)18-34-26-12-10-22(16-28(26)32-5)14-24-8-7-9-25(30(24)31)15-23-11-13-27(29(17-23)33-6)35-19-21(3)4/h10-17,20-21H,7-9,18-19H2,1-6H3. The highest BCUT2D eigenvalue weighted by Gasteiger charge is 2.21. The van der Waals surface area contributed by atoms with Crippen LogP contribution < -0.4 is 18.9 Å². The Morgan fingerprint density at radius 3 is 1.51 bits per heavy atom. The molecule has 0 spiro atoms. The minimum absolute atomic E-state index is 0.0921. The molecule has 5 nitrogen and oxygen atoms in total. The summed E-state index contributed by atoms with van der Waals surface area (Å²) >= 11 is 0. The van der Waals surface area contributed by atoms with Gasteiger partial charge in [0.25, 0.3) is 0 Å². The molecule has 1 fully saturated rings. The van der Waals surface area contributed by atoms with Gasteiger partial charge >= 0.3 is 0 Å². The van der Waals surface area contributed by atoms with Crippen molar-refractivity contribution in [3.05, 3.63) is 58.7 Å². The summed E-state index contributed by atoms with van der Waals surface area (Å²) in [6, 6.07) is 11.6. The van der Waals surface area contributed by atoms with Gasteiger partial charge in [0, 0.05) is 11.1 Å². The summed E-state index contributed by atoms with van der Waals surface area (Å²) in [5.74, 6) is 3.72. The van der Waals surface area contributed by atoms with Crippen molar-refractivity contribution >= 4 is 17.9 Å². The van der Waals surface area contributed by atoms with Crippen molar-refractivity contribution < 1.29 is 23.7 Å². The normalized spacial score (nSPS) is 16.3. The summed E-state index contributed by atoms with van der Waals surface area (Å²) in [5.41, 5.74) is 3.47. The Labute approximate surface area is 209 Å². The molecular formula is C30H38O5. The molecule has 1 saturated carbocycles. The number of methoxy groups -OCH3 is 2. The highest BCUT2D eigenvalue weighted by Crippen LogP contribution is 2.34. The third-order valence-corrected chi connectivity index (χ3v) is 5.68. The number of hydrogen-bond acceptors (Lipinski definition) is 5. The van der Waals surface area contributed by atoms with E-state index in [1.54, 1.807) is 14.2 Å². The van der Waals surface area contributed by atoms with Crippen molar-refractivity contribution in [3.63, 3.8) is 0 Å². The van der Waals surface area contributed by atoms with Crippen molar-refractivity contribution in [2.45, 2.75) is 47.0 Å². The highest BCUT2D eigenvalue weighted by atomic mass is 16.5. The Kier molecular flexibility index (Phi) is 9.41. The molecule has 35 heavy (non-hydrogen) atoms. The predicted octanol–water partition coefficient (Wildman–Crippen LogP) is 6.99. The van der Waals surface area contributed by atoms with Crippen molar-refractivity contribution in [1.29, 1.82) is 0 Å². The van der Waals surface area contributed by atoms with Gasteiger partial charge in [-0.25, -0.2) is 0 Å². The average molecular weight is 479 g/mol. The number of ether oxygens (including phenoxy) is 4. The van der Waals surface area contributed by atoms with Crippen molar-refractivity contribution in [3.8, 4) is 23.0 Å². The largest absolute Gasteiger partial charge is 0.493 e. The van der Waals surface area contributed by atoms with Crippen LogP contribution in [0, 0.1) is 11.8 Å². The molecule has 0 aliphatic heterocycles. The lowest BCUT2D eigenvalue weighted by Crippen LogP contribution is -2.12. The zero-order valence-corrected chi connectivity index (χ0v) is 21.9. The van der Waals surface area contributed by atoms with E-state index in [4.69, 9.17) is 18.9 Å². The van der Waals surface area contributed by atoms with Crippen molar-refractivity contribution in [1.82, 2.24) is 0 Å². The van der Waals surface area contributed by atoms with Gasteiger partial charge in [0.15, 0.2) is 28.8 Å². The number of carbonyl (C=O) groups is 1. The highest BCUT2D eigenvalue weighted by molar-refractivity contribution is 6.14. The SMILES string of the molecule is COc1cc(C=C2CCCC(=Cc3ccc(OCC(C)C)c(OC)c3)C2=O)ccc1OCC(C)C. The zero-order valence-electron chi connectivity index (χ0n) is 21.9. The Morgan fingerprint density at radius 1 is 0.714 bits per heavy atom. The van der Waals surface area contributed by atoms with Crippen LogP contribution in [0.4, 0.5) is 0 Å². The summed E-state index contributed by atoms with van der Waals surface area (Å²) in [5, 5.41) is 0. The first-order valence-corrected chi connectivity index (χ1v) is 12.4. The molecule has 0 saturated heterocycles.